The van der Waals surface area contributed by atoms with Crippen LogP contribution in [-0.4, -0.2) is 24.0 Å². The van der Waals surface area contributed by atoms with Crippen molar-refractivity contribution in [2.45, 2.75) is 13.8 Å². The number of ether oxygens (including phenoxy) is 1. The maximum Gasteiger partial charge on any atom is 0.316 e. The summed E-state index contributed by atoms with van der Waals surface area (Å²) in [5.41, 5.74) is -1.32. The number of rotatable bonds is 4. The Morgan fingerprint density at radius 3 is 2.35 bits per heavy atom. The van der Waals surface area contributed by atoms with Crippen molar-refractivity contribution in [3.05, 3.63) is 28.8 Å². The van der Waals surface area contributed by atoms with Crippen molar-refractivity contribution in [1.82, 2.24) is 0 Å². The first kappa shape index (κ1) is 13.5. The van der Waals surface area contributed by atoms with Gasteiger partial charge in [-0.3, -0.25) is 9.59 Å². The van der Waals surface area contributed by atoms with E-state index >= 15 is 0 Å². The number of halogens is 1. The molecule has 0 aromatic heterocycles. The van der Waals surface area contributed by atoms with Crippen LogP contribution in [0.5, 0.6) is 5.75 Å². The second-order valence-corrected chi connectivity index (χ2v) is 4.51. The minimum atomic E-state index is -1.50. The second-order valence-electron chi connectivity index (χ2n) is 4.11. The molecular weight excluding hydrogens is 244 g/mol. The summed E-state index contributed by atoms with van der Waals surface area (Å²) in [5.74, 6) is -1.20. The van der Waals surface area contributed by atoms with E-state index < -0.39 is 17.2 Å². The lowest BCUT2D eigenvalue weighted by molar-refractivity contribution is -0.144. The first-order valence-electron chi connectivity index (χ1n) is 4.92. The van der Waals surface area contributed by atoms with Crippen molar-refractivity contribution in [2.24, 2.45) is 5.41 Å². The van der Waals surface area contributed by atoms with Crippen molar-refractivity contribution >= 4 is 23.4 Å². The Kier molecular flexibility index (Phi) is 3.78. The molecule has 0 atom stereocenters. The molecule has 0 unspecified atom stereocenters. The third-order valence-electron chi connectivity index (χ3n) is 2.52. The molecule has 0 aliphatic heterocycles. The van der Waals surface area contributed by atoms with E-state index in [9.17, 15) is 9.59 Å². The highest BCUT2D eigenvalue weighted by Gasteiger charge is 2.37. The first-order valence-corrected chi connectivity index (χ1v) is 5.30. The normalized spacial score (nSPS) is 11.1. The third kappa shape index (κ3) is 2.58. The Morgan fingerprint density at radius 1 is 1.35 bits per heavy atom. The quantitative estimate of drug-likeness (QED) is 0.664. The van der Waals surface area contributed by atoms with Gasteiger partial charge in [0.1, 0.15) is 11.2 Å². The van der Waals surface area contributed by atoms with Gasteiger partial charge in [-0.05, 0) is 32.0 Å². The molecule has 0 aliphatic carbocycles. The summed E-state index contributed by atoms with van der Waals surface area (Å²) in [6.45, 7) is 2.69. The van der Waals surface area contributed by atoms with Crippen LogP contribution in [0.1, 0.15) is 24.2 Å². The monoisotopic (exact) mass is 256 g/mol. The molecule has 4 nitrogen and oxygen atoms in total. The number of carboxylic acid groups (broad SMARTS) is 1. The van der Waals surface area contributed by atoms with Crippen LogP contribution in [0.4, 0.5) is 0 Å². The summed E-state index contributed by atoms with van der Waals surface area (Å²) >= 11 is 5.92. The highest BCUT2D eigenvalue weighted by molar-refractivity contribution is 6.35. The second kappa shape index (κ2) is 4.75. The Bertz CT molecular complexity index is 466. The Labute approximate surface area is 104 Å². The lowest BCUT2D eigenvalue weighted by atomic mass is 9.84. The number of carbonyl (C=O) groups excluding carboxylic acids is 1. The van der Waals surface area contributed by atoms with Crippen molar-refractivity contribution in [2.75, 3.05) is 7.11 Å². The van der Waals surface area contributed by atoms with Crippen LogP contribution in [0.2, 0.25) is 5.02 Å². The Balaban J connectivity index is 3.18. The molecule has 0 aliphatic rings. The highest BCUT2D eigenvalue weighted by Crippen LogP contribution is 2.29. The standard InChI is InChI=1S/C12H13ClO4/c1-12(2,11(15)16)10(14)8-5-4-7(17-3)6-9(8)13/h4-6H,1-3H3,(H,15,16). The molecule has 5 heteroatoms. The van der Waals surface area contributed by atoms with Gasteiger partial charge in [0.15, 0.2) is 5.78 Å². The molecule has 0 saturated carbocycles. The minimum absolute atomic E-state index is 0.180. The van der Waals surface area contributed by atoms with E-state index in [-0.39, 0.29) is 10.6 Å². The van der Waals surface area contributed by atoms with Crippen molar-refractivity contribution < 1.29 is 19.4 Å². The summed E-state index contributed by atoms with van der Waals surface area (Å²) in [5, 5.41) is 9.16. The fraction of sp³-hybridized carbons (Fsp3) is 0.333. The fourth-order valence-corrected chi connectivity index (χ4v) is 1.50. The zero-order chi connectivity index (χ0) is 13.2. The van der Waals surface area contributed by atoms with E-state index in [4.69, 9.17) is 21.4 Å². The number of aliphatic carboxylic acids is 1. The number of carbonyl (C=O) groups is 2. The Hall–Kier alpha value is -1.55. The molecule has 0 heterocycles. The molecular formula is C12H13ClO4. The molecule has 0 fully saturated rings. The predicted octanol–water partition coefficient (Wildman–Crippen LogP) is 2.64. The number of Topliss-reactive ketones (excluding diaryl/α,β-unsaturated/α-hetero) is 1. The predicted molar refractivity (Wildman–Crippen MR) is 63.8 cm³/mol. The maximum absolute atomic E-state index is 12.0. The smallest absolute Gasteiger partial charge is 0.316 e. The van der Waals surface area contributed by atoms with E-state index in [1.165, 1.54) is 33.1 Å². The molecule has 0 radical (unpaired) electrons. The van der Waals surface area contributed by atoms with Gasteiger partial charge in [-0.15, -0.1) is 0 Å². The molecule has 17 heavy (non-hydrogen) atoms. The summed E-state index contributed by atoms with van der Waals surface area (Å²) in [6, 6.07) is 4.51. The van der Waals surface area contributed by atoms with Crippen LogP contribution in [0.15, 0.2) is 18.2 Å². The number of ketones is 1. The molecule has 1 aromatic rings. The van der Waals surface area contributed by atoms with Crippen LogP contribution in [-0.2, 0) is 4.79 Å². The zero-order valence-electron chi connectivity index (χ0n) is 9.78. The average molecular weight is 257 g/mol. The van der Waals surface area contributed by atoms with E-state index in [1.807, 2.05) is 0 Å². The molecule has 0 bridgehead atoms. The van der Waals surface area contributed by atoms with Gasteiger partial charge in [0.2, 0.25) is 0 Å². The summed E-state index contributed by atoms with van der Waals surface area (Å²) in [7, 11) is 1.48. The molecule has 0 saturated heterocycles. The topological polar surface area (TPSA) is 63.6 Å². The van der Waals surface area contributed by atoms with E-state index in [0.29, 0.717) is 5.75 Å². The van der Waals surface area contributed by atoms with Gasteiger partial charge in [0, 0.05) is 5.56 Å². The summed E-state index contributed by atoms with van der Waals surface area (Å²) in [4.78, 5) is 23.0. The van der Waals surface area contributed by atoms with Gasteiger partial charge < -0.3 is 9.84 Å². The van der Waals surface area contributed by atoms with Gasteiger partial charge in [-0.25, -0.2) is 0 Å². The van der Waals surface area contributed by atoms with E-state index in [1.54, 1.807) is 6.07 Å². The van der Waals surface area contributed by atoms with Crippen LogP contribution < -0.4 is 4.74 Å². The number of benzene rings is 1. The van der Waals surface area contributed by atoms with Crippen LogP contribution >= 0.6 is 11.6 Å². The van der Waals surface area contributed by atoms with Crippen LogP contribution in [0, 0.1) is 5.41 Å². The molecule has 0 amide bonds. The molecule has 1 rings (SSSR count). The summed E-state index contributed by atoms with van der Waals surface area (Å²) < 4.78 is 4.95. The van der Waals surface area contributed by atoms with Gasteiger partial charge in [-0.1, -0.05) is 11.6 Å². The Morgan fingerprint density at radius 2 is 1.94 bits per heavy atom. The number of hydrogen-bond acceptors (Lipinski definition) is 3. The van der Waals surface area contributed by atoms with Gasteiger partial charge in [0.05, 0.1) is 12.1 Å². The number of hydrogen-bond donors (Lipinski definition) is 1. The van der Waals surface area contributed by atoms with Crippen molar-refractivity contribution in [3.8, 4) is 5.75 Å². The van der Waals surface area contributed by atoms with Crippen LogP contribution in [0.3, 0.4) is 0 Å². The number of methoxy groups -OCH3 is 1. The molecule has 1 N–H and O–H groups in total. The first-order chi connectivity index (χ1) is 7.80. The SMILES string of the molecule is COc1ccc(C(=O)C(C)(C)C(=O)O)c(Cl)c1. The lowest BCUT2D eigenvalue weighted by Gasteiger charge is -2.18. The summed E-state index contributed by atoms with van der Waals surface area (Å²) in [6.07, 6.45) is 0. The van der Waals surface area contributed by atoms with Crippen molar-refractivity contribution in [1.29, 1.82) is 0 Å². The van der Waals surface area contributed by atoms with Gasteiger partial charge in [-0.2, -0.15) is 0 Å². The average Bonchev–Trinajstić information content (AvgIpc) is 2.27. The zero-order valence-corrected chi connectivity index (χ0v) is 10.5. The largest absolute Gasteiger partial charge is 0.497 e. The van der Waals surface area contributed by atoms with Gasteiger partial charge in [0.25, 0.3) is 0 Å². The minimum Gasteiger partial charge on any atom is -0.497 e. The fourth-order valence-electron chi connectivity index (χ4n) is 1.24. The molecule has 1 aromatic carbocycles. The van der Waals surface area contributed by atoms with Crippen LogP contribution in [0.25, 0.3) is 0 Å². The molecule has 0 spiro atoms. The van der Waals surface area contributed by atoms with E-state index in [2.05, 4.69) is 0 Å². The van der Waals surface area contributed by atoms with E-state index in [0.717, 1.165) is 0 Å². The van der Waals surface area contributed by atoms with Gasteiger partial charge >= 0.3 is 5.97 Å². The number of carboxylic acids is 1. The third-order valence-corrected chi connectivity index (χ3v) is 2.84. The molecule has 92 valence electrons. The van der Waals surface area contributed by atoms with Crippen molar-refractivity contribution in [3.63, 3.8) is 0 Å². The highest BCUT2D eigenvalue weighted by atomic mass is 35.5. The maximum atomic E-state index is 12.0. The lowest BCUT2D eigenvalue weighted by Crippen LogP contribution is -2.33.